The summed E-state index contributed by atoms with van der Waals surface area (Å²) in [4.78, 5) is 21.5. The van der Waals surface area contributed by atoms with Crippen LogP contribution in [0.25, 0.3) is 0 Å². The van der Waals surface area contributed by atoms with E-state index in [2.05, 4.69) is 0 Å². The number of carboxylic acids is 1. The highest BCUT2D eigenvalue weighted by molar-refractivity contribution is 5.80. The summed E-state index contributed by atoms with van der Waals surface area (Å²) in [6.07, 6.45) is 3.47. The Balaban J connectivity index is 0.000000531. The molecule has 0 saturated heterocycles. The molecule has 2 rings (SSSR count). The second-order valence-electron chi connectivity index (χ2n) is 4.66. The molecular formula is C12H20O3. The van der Waals surface area contributed by atoms with Crippen molar-refractivity contribution in [3.8, 4) is 0 Å². The maximum absolute atomic E-state index is 11.0. The molecule has 0 amide bonds. The second kappa shape index (κ2) is 4.33. The minimum Gasteiger partial charge on any atom is -0.481 e. The first-order valence-electron chi connectivity index (χ1n) is 5.76. The van der Waals surface area contributed by atoms with Crippen LogP contribution < -0.4 is 0 Å². The Morgan fingerprint density at radius 1 is 1.07 bits per heavy atom. The molecule has 0 aromatic carbocycles. The van der Waals surface area contributed by atoms with Crippen molar-refractivity contribution in [1.29, 1.82) is 0 Å². The molecule has 0 atom stereocenters. The van der Waals surface area contributed by atoms with E-state index >= 15 is 0 Å². The van der Waals surface area contributed by atoms with Crippen LogP contribution in [0.5, 0.6) is 0 Å². The van der Waals surface area contributed by atoms with E-state index in [1.807, 2.05) is 13.8 Å². The van der Waals surface area contributed by atoms with Crippen LogP contribution in [0, 0.1) is 17.3 Å². The minimum absolute atomic E-state index is 0.132. The van der Waals surface area contributed by atoms with Gasteiger partial charge in [0, 0.05) is 5.92 Å². The van der Waals surface area contributed by atoms with E-state index in [0.29, 0.717) is 0 Å². The number of carbonyl (C=O) groups is 2. The average molecular weight is 212 g/mol. The molecule has 2 aliphatic rings. The van der Waals surface area contributed by atoms with E-state index in [-0.39, 0.29) is 23.0 Å². The number of carboxylic acid groups (broad SMARTS) is 1. The molecule has 2 saturated carbocycles. The summed E-state index contributed by atoms with van der Waals surface area (Å²) in [5.41, 5.74) is 0.249. The Hall–Kier alpha value is -0.860. The molecule has 3 nitrogen and oxygen atoms in total. The molecule has 0 aliphatic heterocycles. The molecule has 0 heterocycles. The zero-order chi connectivity index (χ0) is 11.6. The third-order valence-corrected chi connectivity index (χ3v) is 3.64. The van der Waals surface area contributed by atoms with Crippen LogP contribution >= 0.6 is 0 Å². The maximum Gasteiger partial charge on any atom is 0.306 e. The lowest BCUT2D eigenvalue weighted by atomic mass is 9.47. The largest absolute Gasteiger partial charge is 0.481 e. The highest BCUT2D eigenvalue weighted by Gasteiger charge is 2.55. The molecule has 1 spiro atoms. The summed E-state index contributed by atoms with van der Waals surface area (Å²) in [5.74, 6) is -0.302. The molecule has 2 fully saturated rings. The van der Waals surface area contributed by atoms with Crippen molar-refractivity contribution in [1.82, 2.24) is 0 Å². The van der Waals surface area contributed by atoms with Gasteiger partial charge in [-0.3, -0.25) is 9.59 Å². The van der Waals surface area contributed by atoms with Crippen LogP contribution in [0.2, 0.25) is 0 Å². The van der Waals surface area contributed by atoms with Crippen molar-refractivity contribution >= 4 is 11.8 Å². The van der Waals surface area contributed by atoms with Crippen molar-refractivity contribution in [2.24, 2.45) is 17.3 Å². The molecule has 86 valence electrons. The summed E-state index contributed by atoms with van der Waals surface area (Å²) in [6.45, 7) is 5.63. The van der Waals surface area contributed by atoms with E-state index in [4.69, 9.17) is 5.11 Å². The van der Waals surface area contributed by atoms with Crippen molar-refractivity contribution in [2.75, 3.05) is 0 Å². The first-order valence-corrected chi connectivity index (χ1v) is 5.76. The van der Waals surface area contributed by atoms with Crippen LogP contribution in [0.1, 0.15) is 46.5 Å². The average Bonchev–Trinajstić information content (AvgIpc) is 2.01. The van der Waals surface area contributed by atoms with Crippen molar-refractivity contribution in [2.45, 2.75) is 46.5 Å². The molecule has 3 heteroatoms. The molecule has 0 radical (unpaired) electrons. The fourth-order valence-electron chi connectivity index (χ4n) is 2.77. The quantitative estimate of drug-likeness (QED) is 0.765. The predicted octanol–water partition coefficient (Wildman–Crippen LogP) is 2.49. The number of ketones is 1. The normalized spacial score (nSPS) is 37.0. The summed E-state index contributed by atoms with van der Waals surface area (Å²) in [6, 6.07) is 0. The predicted molar refractivity (Wildman–Crippen MR) is 57.5 cm³/mol. The summed E-state index contributed by atoms with van der Waals surface area (Å²) >= 11 is 0. The Morgan fingerprint density at radius 3 is 1.80 bits per heavy atom. The Bertz CT molecular complexity index is 227. The number of carbonyl (C=O) groups excluding carboxylic acids is 1. The standard InChI is InChI=1S/C10H14O3.C2H6/c1-6(11)7-2-10(3-7)4-8(5-10)9(12)13;1-2/h7-8H,2-5H2,1H3,(H,12,13);1-2H3. The van der Waals surface area contributed by atoms with Gasteiger partial charge in [0.15, 0.2) is 0 Å². The smallest absolute Gasteiger partial charge is 0.306 e. The summed E-state index contributed by atoms with van der Waals surface area (Å²) in [7, 11) is 0. The third kappa shape index (κ3) is 2.21. The van der Waals surface area contributed by atoms with E-state index < -0.39 is 5.97 Å². The minimum atomic E-state index is -0.670. The van der Waals surface area contributed by atoms with Crippen LogP contribution in [-0.2, 0) is 9.59 Å². The van der Waals surface area contributed by atoms with Gasteiger partial charge >= 0.3 is 5.97 Å². The van der Waals surface area contributed by atoms with E-state index in [1.165, 1.54) is 0 Å². The van der Waals surface area contributed by atoms with Crippen LogP contribution in [0.15, 0.2) is 0 Å². The van der Waals surface area contributed by atoms with E-state index in [1.54, 1.807) is 6.92 Å². The first-order chi connectivity index (χ1) is 7.02. The first kappa shape index (κ1) is 12.2. The molecular weight excluding hydrogens is 192 g/mol. The number of hydrogen-bond donors (Lipinski definition) is 1. The zero-order valence-corrected chi connectivity index (χ0v) is 9.75. The van der Waals surface area contributed by atoms with Gasteiger partial charge in [0.25, 0.3) is 0 Å². The summed E-state index contributed by atoms with van der Waals surface area (Å²) in [5, 5.41) is 8.69. The van der Waals surface area contributed by atoms with Gasteiger partial charge in [-0.25, -0.2) is 0 Å². The molecule has 0 aromatic rings. The fraction of sp³-hybridized carbons (Fsp3) is 0.833. The Labute approximate surface area is 90.9 Å². The van der Waals surface area contributed by atoms with Crippen LogP contribution in [0.3, 0.4) is 0 Å². The maximum atomic E-state index is 11.0. The SMILES string of the molecule is CC.CC(=O)C1CC2(C1)CC(C(=O)O)C2. The fourth-order valence-corrected chi connectivity index (χ4v) is 2.77. The lowest BCUT2D eigenvalue weighted by molar-refractivity contribution is -0.160. The highest BCUT2D eigenvalue weighted by atomic mass is 16.4. The summed E-state index contributed by atoms with van der Waals surface area (Å²) < 4.78 is 0. The van der Waals surface area contributed by atoms with Gasteiger partial charge in [0.2, 0.25) is 0 Å². The van der Waals surface area contributed by atoms with Gasteiger partial charge in [-0.1, -0.05) is 13.8 Å². The molecule has 0 unspecified atom stereocenters. The Morgan fingerprint density at radius 2 is 1.47 bits per heavy atom. The van der Waals surface area contributed by atoms with Gasteiger partial charge in [0.05, 0.1) is 5.92 Å². The lowest BCUT2D eigenvalue weighted by Gasteiger charge is -2.56. The topological polar surface area (TPSA) is 54.4 Å². The lowest BCUT2D eigenvalue weighted by Crippen LogP contribution is -2.51. The number of rotatable bonds is 2. The number of Topliss-reactive ketones (excluding diaryl/α,β-unsaturated/α-hetero) is 1. The molecule has 0 bridgehead atoms. The number of aliphatic carboxylic acids is 1. The Kier molecular flexibility index (Phi) is 3.53. The molecule has 15 heavy (non-hydrogen) atoms. The van der Waals surface area contributed by atoms with E-state index in [9.17, 15) is 9.59 Å². The number of hydrogen-bond acceptors (Lipinski definition) is 2. The second-order valence-corrected chi connectivity index (χ2v) is 4.66. The molecule has 1 N–H and O–H groups in total. The van der Waals surface area contributed by atoms with Crippen LogP contribution in [0.4, 0.5) is 0 Å². The monoisotopic (exact) mass is 212 g/mol. The van der Waals surface area contributed by atoms with Gasteiger partial charge in [-0.05, 0) is 38.0 Å². The highest BCUT2D eigenvalue weighted by Crippen LogP contribution is 2.61. The van der Waals surface area contributed by atoms with E-state index in [0.717, 1.165) is 25.7 Å². The third-order valence-electron chi connectivity index (χ3n) is 3.64. The van der Waals surface area contributed by atoms with Gasteiger partial charge in [-0.15, -0.1) is 0 Å². The van der Waals surface area contributed by atoms with Crippen LogP contribution in [-0.4, -0.2) is 16.9 Å². The van der Waals surface area contributed by atoms with Gasteiger partial charge < -0.3 is 5.11 Å². The van der Waals surface area contributed by atoms with Gasteiger partial charge in [-0.2, -0.15) is 0 Å². The zero-order valence-electron chi connectivity index (χ0n) is 9.75. The van der Waals surface area contributed by atoms with Gasteiger partial charge in [0.1, 0.15) is 5.78 Å². The molecule has 2 aliphatic carbocycles. The molecule has 0 aromatic heterocycles. The van der Waals surface area contributed by atoms with Crippen molar-refractivity contribution in [3.63, 3.8) is 0 Å². The van der Waals surface area contributed by atoms with Crippen molar-refractivity contribution in [3.05, 3.63) is 0 Å². The van der Waals surface area contributed by atoms with Crippen molar-refractivity contribution < 1.29 is 14.7 Å².